The monoisotopic (exact) mass is 352 g/mol. The first kappa shape index (κ1) is 17.7. The first-order valence-corrected chi connectivity index (χ1v) is 9.06. The topological polar surface area (TPSA) is 42.0 Å². The summed E-state index contributed by atoms with van der Waals surface area (Å²) in [6.45, 7) is 6.53. The van der Waals surface area contributed by atoms with Crippen LogP contribution in [0.15, 0.2) is 24.3 Å². The van der Waals surface area contributed by atoms with E-state index < -0.39 is 0 Å². The summed E-state index contributed by atoms with van der Waals surface area (Å²) < 4.78 is 10.9. The predicted molar refractivity (Wildman–Crippen MR) is 93.6 cm³/mol. The number of carbonyl (C=O) groups is 1. The summed E-state index contributed by atoms with van der Waals surface area (Å²) in [6, 6.07) is 7.43. The van der Waals surface area contributed by atoms with Gasteiger partial charge in [-0.2, -0.15) is 0 Å². The van der Waals surface area contributed by atoms with Crippen molar-refractivity contribution in [2.75, 3.05) is 52.6 Å². The van der Waals surface area contributed by atoms with Crippen molar-refractivity contribution in [3.8, 4) is 0 Å². The van der Waals surface area contributed by atoms with Crippen molar-refractivity contribution in [2.24, 2.45) is 0 Å². The van der Waals surface area contributed by atoms with Gasteiger partial charge in [0.05, 0.1) is 13.2 Å². The van der Waals surface area contributed by atoms with Gasteiger partial charge in [0, 0.05) is 56.0 Å². The number of hydrogen-bond acceptors (Lipinski definition) is 4. The van der Waals surface area contributed by atoms with Crippen molar-refractivity contribution in [3.63, 3.8) is 0 Å². The van der Waals surface area contributed by atoms with Gasteiger partial charge < -0.3 is 14.4 Å². The average Bonchev–Trinajstić information content (AvgIpc) is 2.64. The van der Waals surface area contributed by atoms with Crippen molar-refractivity contribution in [2.45, 2.75) is 18.9 Å². The molecule has 3 rings (SSSR count). The maximum absolute atomic E-state index is 13.0. The Balaban J connectivity index is 1.68. The van der Waals surface area contributed by atoms with Crippen molar-refractivity contribution in [1.29, 1.82) is 0 Å². The number of nitrogens with zero attached hydrogens (tertiary/aromatic N) is 2. The van der Waals surface area contributed by atoms with Gasteiger partial charge in [-0.1, -0.05) is 11.6 Å². The number of rotatable bonds is 5. The molecule has 0 bridgehead atoms. The Kier molecular flexibility index (Phi) is 6.49. The van der Waals surface area contributed by atoms with E-state index in [1.165, 1.54) is 0 Å². The van der Waals surface area contributed by atoms with E-state index in [9.17, 15) is 4.79 Å². The third kappa shape index (κ3) is 4.70. The third-order valence-electron chi connectivity index (χ3n) is 4.74. The predicted octanol–water partition coefficient (Wildman–Crippen LogP) is 2.29. The summed E-state index contributed by atoms with van der Waals surface area (Å²) in [4.78, 5) is 17.4. The maximum atomic E-state index is 13.0. The van der Waals surface area contributed by atoms with Crippen LogP contribution in [0.1, 0.15) is 23.2 Å². The summed E-state index contributed by atoms with van der Waals surface area (Å²) >= 11 is 5.95. The fourth-order valence-corrected chi connectivity index (χ4v) is 3.40. The standard InChI is InChI=1S/C18H25ClN2O3/c19-16-3-1-15(2-4-16)18(22)21(17-5-11-23-12-6-17)8-7-20-9-13-24-14-10-20/h1-4,17H,5-14H2. The number of hydrogen-bond donors (Lipinski definition) is 0. The van der Waals surface area contributed by atoms with Gasteiger partial charge in [0.25, 0.3) is 5.91 Å². The van der Waals surface area contributed by atoms with Crippen LogP contribution in [0.4, 0.5) is 0 Å². The Hall–Kier alpha value is -1.14. The molecule has 1 aromatic rings. The van der Waals surface area contributed by atoms with Gasteiger partial charge in [-0.05, 0) is 37.1 Å². The second-order valence-electron chi connectivity index (χ2n) is 6.30. The molecule has 0 unspecified atom stereocenters. The van der Waals surface area contributed by atoms with Gasteiger partial charge in [0.15, 0.2) is 0 Å². The molecule has 5 nitrogen and oxygen atoms in total. The zero-order chi connectivity index (χ0) is 16.8. The Bertz CT molecular complexity index is 526. The molecule has 2 heterocycles. The summed E-state index contributed by atoms with van der Waals surface area (Å²) in [5.74, 6) is 0.0897. The molecule has 2 fully saturated rings. The van der Waals surface area contributed by atoms with Crippen molar-refractivity contribution < 1.29 is 14.3 Å². The largest absolute Gasteiger partial charge is 0.381 e. The van der Waals surface area contributed by atoms with E-state index in [1.54, 1.807) is 12.1 Å². The Labute approximate surface area is 148 Å². The molecule has 2 aliphatic heterocycles. The molecule has 0 atom stereocenters. The zero-order valence-electron chi connectivity index (χ0n) is 14.0. The quantitative estimate of drug-likeness (QED) is 0.815. The molecule has 0 N–H and O–H groups in total. The molecular formula is C18H25ClN2O3. The van der Waals surface area contributed by atoms with E-state index in [0.29, 0.717) is 10.6 Å². The van der Waals surface area contributed by atoms with E-state index in [4.69, 9.17) is 21.1 Å². The molecule has 132 valence electrons. The highest BCUT2D eigenvalue weighted by molar-refractivity contribution is 6.30. The lowest BCUT2D eigenvalue weighted by Crippen LogP contribution is -2.48. The normalized spacial score (nSPS) is 20.0. The van der Waals surface area contributed by atoms with Crippen LogP contribution >= 0.6 is 11.6 Å². The lowest BCUT2D eigenvalue weighted by atomic mass is 10.1. The minimum Gasteiger partial charge on any atom is -0.381 e. The molecule has 0 aliphatic carbocycles. The Morgan fingerprint density at radius 1 is 1.08 bits per heavy atom. The summed E-state index contributed by atoms with van der Waals surface area (Å²) in [6.07, 6.45) is 1.81. The van der Waals surface area contributed by atoms with Gasteiger partial charge in [0.2, 0.25) is 0 Å². The van der Waals surface area contributed by atoms with E-state index in [-0.39, 0.29) is 11.9 Å². The van der Waals surface area contributed by atoms with Crippen LogP contribution in [-0.2, 0) is 9.47 Å². The van der Waals surface area contributed by atoms with Crippen LogP contribution in [-0.4, -0.2) is 74.4 Å². The highest BCUT2D eigenvalue weighted by Gasteiger charge is 2.27. The lowest BCUT2D eigenvalue weighted by Gasteiger charge is -2.36. The molecule has 24 heavy (non-hydrogen) atoms. The minimum atomic E-state index is 0.0897. The molecule has 0 saturated carbocycles. The summed E-state index contributed by atoms with van der Waals surface area (Å²) in [7, 11) is 0. The van der Waals surface area contributed by atoms with Crippen LogP contribution in [0.25, 0.3) is 0 Å². The zero-order valence-corrected chi connectivity index (χ0v) is 14.7. The van der Waals surface area contributed by atoms with Crippen LogP contribution in [0.3, 0.4) is 0 Å². The highest BCUT2D eigenvalue weighted by Crippen LogP contribution is 2.19. The number of morpholine rings is 1. The lowest BCUT2D eigenvalue weighted by molar-refractivity contribution is 0.0141. The van der Waals surface area contributed by atoms with Crippen LogP contribution < -0.4 is 0 Å². The number of carbonyl (C=O) groups excluding carboxylic acids is 1. The van der Waals surface area contributed by atoms with Crippen molar-refractivity contribution in [1.82, 2.24) is 9.80 Å². The van der Waals surface area contributed by atoms with Gasteiger partial charge in [-0.3, -0.25) is 9.69 Å². The van der Waals surface area contributed by atoms with Gasteiger partial charge in [-0.15, -0.1) is 0 Å². The van der Waals surface area contributed by atoms with E-state index in [0.717, 1.165) is 65.4 Å². The average molecular weight is 353 g/mol. The van der Waals surface area contributed by atoms with Gasteiger partial charge in [0.1, 0.15) is 0 Å². The number of halogens is 1. The Morgan fingerprint density at radius 3 is 2.38 bits per heavy atom. The molecule has 6 heteroatoms. The van der Waals surface area contributed by atoms with Crippen molar-refractivity contribution >= 4 is 17.5 Å². The fourth-order valence-electron chi connectivity index (χ4n) is 3.28. The molecule has 0 radical (unpaired) electrons. The minimum absolute atomic E-state index is 0.0897. The molecule has 1 aromatic carbocycles. The van der Waals surface area contributed by atoms with Gasteiger partial charge >= 0.3 is 0 Å². The number of amides is 1. The molecule has 0 aromatic heterocycles. The van der Waals surface area contributed by atoms with Crippen molar-refractivity contribution in [3.05, 3.63) is 34.9 Å². The van der Waals surface area contributed by atoms with E-state index in [1.807, 2.05) is 17.0 Å². The first-order chi connectivity index (χ1) is 11.7. The van der Waals surface area contributed by atoms with E-state index >= 15 is 0 Å². The van der Waals surface area contributed by atoms with E-state index in [2.05, 4.69) is 4.90 Å². The SMILES string of the molecule is O=C(c1ccc(Cl)cc1)N(CCN1CCOCC1)C1CCOCC1. The molecular weight excluding hydrogens is 328 g/mol. The number of benzene rings is 1. The maximum Gasteiger partial charge on any atom is 0.254 e. The summed E-state index contributed by atoms with van der Waals surface area (Å²) in [5.41, 5.74) is 0.702. The smallest absolute Gasteiger partial charge is 0.254 e. The molecule has 1 amide bonds. The van der Waals surface area contributed by atoms with Crippen LogP contribution in [0.2, 0.25) is 5.02 Å². The molecule has 2 aliphatic rings. The Morgan fingerprint density at radius 2 is 1.71 bits per heavy atom. The van der Waals surface area contributed by atoms with Crippen LogP contribution in [0, 0.1) is 0 Å². The van der Waals surface area contributed by atoms with Gasteiger partial charge in [-0.25, -0.2) is 0 Å². The summed E-state index contributed by atoms with van der Waals surface area (Å²) in [5, 5.41) is 0.650. The third-order valence-corrected chi connectivity index (χ3v) is 5.00. The second kappa shape index (κ2) is 8.81. The first-order valence-electron chi connectivity index (χ1n) is 8.68. The highest BCUT2D eigenvalue weighted by atomic mass is 35.5. The molecule has 2 saturated heterocycles. The number of ether oxygens (including phenoxy) is 2. The van der Waals surface area contributed by atoms with Crippen LogP contribution in [0.5, 0.6) is 0 Å². The molecule has 0 spiro atoms. The fraction of sp³-hybridized carbons (Fsp3) is 0.611. The second-order valence-corrected chi connectivity index (χ2v) is 6.74.